The van der Waals surface area contributed by atoms with Gasteiger partial charge in [-0.1, -0.05) is 19.8 Å². The molecule has 0 bridgehead atoms. The quantitative estimate of drug-likeness (QED) is 0.481. The topological polar surface area (TPSA) is 67.4 Å². The van der Waals surface area contributed by atoms with Crippen molar-refractivity contribution in [2.75, 3.05) is 19.0 Å². The second kappa shape index (κ2) is 8.26. The van der Waals surface area contributed by atoms with Gasteiger partial charge in [0.15, 0.2) is 17.5 Å². The summed E-state index contributed by atoms with van der Waals surface area (Å²) in [5, 5.41) is 4.43. The van der Waals surface area contributed by atoms with Gasteiger partial charge in [0, 0.05) is 6.54 Å². The van der Waals surface area contributed by atoms with Crippen LogP contribution in [-0.4, -0.2) is 25.7 Å². The number of urea groups is 1. The molecule has 0 unspecified atom stereocenters. The third kappa shape index (κ3) is 4.37. The van der Waals surface area contributed by atoms with E-state index in [0.717, 1.165) is 20.0 Å². The van der Waals surface area contributed by atoms with E-state index >= 15 is 0 Å². The molecule has 0 aliphatic heterocycles. The molecular formula is C14H17F3N2O3. The van der Waals surface area contributed by atoms with E-state index in [4.69, 9.17) is 0 Å². The molecule has 5 nitrogen and oxygen atoms in total. The average Bonchev–Trinajstić information content (AvgIpc) is 2.51. The number of hydrogen-bond donors (Lipinski definition) is 2. The molecule has 0 aliphatic rings. The number of ether oxygens (including phenoxy) is 1. The number of methoxy groups -OCH3 is 1. The number of anilines is 1. The van der Waals surface area contributed by atoms with E-state index in [-0.39, 0.29) is 0 Å². The van der Waals surface area contributed by atoms with Gasteiger partial charge in [-0.15, -0.1) is 0 Å². The molecule has 0 heterocycles. The van der Waals surface area contributed by atoms with Gasteiger partial charge in [0.1, 0.15) is 0 Å². The number of amides is 2. The Morgan fingerprint density at radius 1 is 1.18 bits per heavy atom. The minimum Gasteiger partial charge on any atom is -0.465 e. The highest BCUT2D eigenvalue weighted by Gasteiger charge is 2.24. The maximum Gasteiger partial charge on any atom is 0.340 e. The van der Waals surface area contributed by atoms with Gasteiger partial charge in [-0.2, -0.15) is 0 Å². The zero-order valence-corrected chi connectivity index (χ0v) is 12.3. The lowest BCUT2D eigenvalue weighted by Crippen LogP contribution is -2.31. The van der Waals surface area contributed by atoms with E-state index in [9.17, 15) is 22.8 Å². The predicted octanol–water partition coefficient (Wildman–Crippen LogP) is 3.20. The Morgan fingerprint density at radius 3 is 2.45 bits per heavy atom. The first-order valence-corrected chi connectivity index (χ1v) is 6.73. The van der Waals surface area contributed by atoms with Crippen molar-refractivity contribution in [2.24, 2.45) is 0 Å². The summed E-state index contributed by atoms with van der Waals surface area (Å²) in [6.07, 6.45) is 2.56. The van der Waals surface area contributed by atoms with Gasteiger partial charge < -0.3 is 15.4 Å². The third-order valence-electron chi connectivity index (χ3n) is 2.87. The van der Waals surface area contributed by atoms with Crippen LogP contribution in [-0.2, 0) is 4.74 Å². The molecule has 0 atom stereocenters. The first-order valence-electron chi connectivity index (χ1n) is 6.73. The number of nitrogens with one attached hydrogen (secondary N) is 2. The van der Waals surface area contributed by atoms with E-state index in [0.29, 0.717) is 19.0 Å². The van der Waals surface area contributed by atoms with Crippen molar-refractivity contribution in [1.29, 1.82) is 0 Å². The molecular weight excluding hydrogens is 301 g/mol. The number of carbonyl (C=O) groups is 2. The smallest absolute Gasteiger partial charge is 0.340 e. The molecule has 1 aromatic carbocycles. The van der Waals surface area contributed by atoms with Crippen LogP contribution in [0.15, 0.2) is 6.07 Å². The molecule has 0 saturated heterocycles. The molecule has 0 fully saturated rings. The predicted molar refractivity (Wildman–Crippen MR) is 74.2 cm³/mol. The van der Waals surface area contributed by atoms with Crippen molar-refractivity contribution < 1.29 is 27.5 Å². The van der Waals surface area contributed by atoms with E-state index in [1.54, 1.807) is 0 Å². The molecule has 0 saturated carbocycles. The number of esters is 1. The largest absolute Gasteiger partial charge is 0.465 e. The molecule has 8 heteroatoms. The lowest BCUT2D eigenvalue weighted by molar-refractivity contribution is 0.0600. The molecule has 0 aromatic heterocycles. The maximum absolute atomic E-state index is 13.8. The maximum atomic E-state index is 13.8. The first-order chi connectivity index (χ1) is 10.4. The Hall–Kier alpha value is -2.25. The average molecular weight is 318 g/mol. The summed E-state index contributed by atoms with van der Waals surface area (Å²) >= 11 is 0. The van der Waals surface area contributed by atoms with Crippen molar-refractivity contribution in [2.45, 2.75) is 26.2 Å². The van der Waals surface area contributed by atoms with Crippen LogP contribution in [0.2, 0.25) is 0 Å². The molecule has 0 radical (unpaired) electrons. The molecule has 2 N–H and O–H groups in total. The summed E-state index contributed by atoms with van der Waals surface area (Å²) in [5.41, 5.74) is -1.37. The molecule has 0 aliphatic carbocycles. The summed E-state index contributed by atoms with van der Waals surface area (Å²) in [4.78, 5) is 23.1. The van der Waals surface area contributed by atoms with Gasteiger partial charge in [-0.05, 0) is 12.5 Å². The van der Waals surface area contributed by atoms with Crippen molar-refractivity contribution in [3.05, 3.63) is 29.1 Å². The number of halogens is 3. The van der Waals surface area contributed by atoms with Crippen LogP contribution >= 0.6 is 0 Å². The highest BCUT2D eigenvalue weighted by atomic mass is 19.2. The fourth-order valence-corrected chi connectivity index (χ4v) is 1.72. The Morgan fingerprint density at radius 2 is 1.86 bits per heavy atom. The summed E-state index contributed by atoms with van der Waals surface area (Å²) in [6.45, 7) is 2.32. The van der Waals surface area contributed by atoms with E-state index in [1.807, 2.05) is 12.2 Å². The highest BCUT2D eigenvalue weighted by Crippen LogP contribution is 2.25. The van der Waals surface area contributed by atoms with Gasteiger partial charge in [0.2, 0.25) is 0 Å². The Balaban J connectivity index is 2.95. The minimum absolute atomic E-state index is 0.332. The fraction of sp³-hybridized carbons (Fsp3) is 0.429. The van der Waals surface area contributed by atoms with Gasteiger partial charge in [-0.25, -0.2) is 22.8 Å². The highest BCUT2D eigenvalue weighted by molar-refractivity contribution is 6.01. The summed E-state index contributed by atoms with van der Waals surface area (Å²) < 4.78 is 44.6. The van der Waals surface area contributed by atoms with Crippen LogP contribution in [0.1, 0.15) is 36.5 Å². The van der Waals surface area contributed by atoms with Crippen molar-refractivity contribution in [3.8, 4) is 0 Å². The molecule has 122 valence electrons. The number of hydrogen-bond acceptors (Lipinski definition) is 3. The van der Waals surface area contributed by atoms with Crippen LogP contribution in [0.25, 0.3) is 0 Å². The molecule has 22 heavy (non-hydrogen) atoms. The van der Waals surface area contributed by atoms with Crippen molar-refractivity contribution in [3.63, 3.8) is 0 Å². The second-order valence-electron chi connectivity index (χ2n) is 4.49. The summed E-state index contributed by atoms with van der Waals surface area (Å²) in [5.74, 6) is -6.09. The zero-order chi connectivity index (χ0) is 16.7. The monoisotopic (exact) mass is 318 g/mol. The molecule has 2 amide bonds. The molecule has 1 rings (SSSR count). The van der Waals surface area contributed by atoms with Crippen LogP contribution in [0.3, 0.4) is 0 Å². The minimum atomic E-state index is -1.78. The van der Waals surface area contributed by atoms with Gasteiger partial charge in [0.25, 0.3) is 0 Å². The van der Waals surface area contributed by atoms with Crippen molar-refractivity contribution >= 4 is 17.7 Å². The van der Waals surface area contributed by atoms with Crippen LogP contribution in [0, 0.1) is 17.5 Å². The van der Waals surface area contributed by atoms with Crippen LogP contribution < -0.4 is 10.6 Å². The fourth-order valence-electron chi connectivity index (χ4n) is 1.72. The van der Waals surface area contributed by atoms with Gasteiger partial charge in [0.05, 0.1) is 18.4 Å². The van der Waals surface area contributed by atoms with Gasteiger partial charge in [-0.3, -0.25) is 0 Å². The third-order valence-corrected chi connectivity index (χ3v) is 2.87. The lowest BCUT2D eigenvalue weighted by atomic mass is 10.1. The Bertz CT molecular complexity index is 565. The van der Waals surface area contributed by atoms with E-state index < -0.39 is 40.7 Å². The zero-order valence-electron chi connectivity index (χ0n) is 12.3. The van der Waals surface area contributed by atoms with Crippen molar-refractivity contribution in [1.82, 2.24) is 5.32 Å². The van der Waals surface area contributed by atoms with Crippen LogP contribution in [0.4, 0.5) is 23.7 Å². The number of carbonyl (C=O) groups excluding carboxylic acids is 2. The Kier molecular flexibility index (Phi) is 6.68. The number of unbranched alkanes of at least 4 members (excludes halogenated alkanes) is 2. The second-order valence-corrected chi connectivity index (χ2v) is 4.49. The number of benzene rings is 1. The van der Waals surface area contributed by atoms with E-state index in [2.05, 4.69) is 10.1 Å². The van der Waals surface area contributed by atoms with Crippen LogP contribution in [0.5, 0.6) is 0 Å². The normalized spacial score (nSPS) is 10.2. The lowest BCUT2D eigenvalue weighted by Gasteiger charge is -2.12. The van der Waals surface area contributed by atoms with E-state index in [1.165, 1.54) is 0 Å². The molecule has 1 aromatic rings. The molecule has 0 spiro atoms. The summed E-state index contributed by atoms with van der Waals surface area (Å²) in [7, 11) is 0.996. The SMILES string of the molecule is CCCCCNC(=O)Nc1c(C(=O)OC)cc(F)c(F)c1F. The Labute approximate surface area is 125 Å². The van der Waals surface area contributed by atoms with Gasteiger partial charge >= 0.3 is 12.0 Å². The first kappa shape index (κ1) is 17.8. The number of rotatable bonds is 6. The summed E-state index contributed by atoms with van der Waals surface area (Å²) in [6, 6.07) is -0.358. The standard InChI is InChI=1S/C14H17F3N2O3/c1-3-4-5-6-18-14(21)19-12-8(13(20)22-2)7-9(15)10(16)11(12)17/h7H,3-6H2,1-2H3,(H2,18,19,21).